The number of aromatic nitrogens is 2. The molecule has 0 unspecified atom stereocenters. The summed E-state index contributed by atoms with van der Waals surface area (Å²) in [7, 11) is 3.34. The summed E-state index contributed by atoms with van der Waals surface area (Å²) in [6, 6.07) is 5.96. The van der Waals surface area contributed by atoms with Crippen molar-refractivity contribution in [3.8, 4) is 5.75 Å². The molecule has 2 rings (SSSR count). The standard InChI is InChI=1S/C15H22N2O3S/c1-18-9-10-20-8-4-3-7-17-14-6-5-12(19-2)11-13(14)16-15(17)21/h5-6,11H,3-4,7-10H2,1-2H3,(H,16,21). The summed E-state index contributed by atoms with van der Waals surface area (Å²) < 4.78 is 18.5. The number of unbranched alkanes of at least 4 members (excludes halogenated alkanes) is 1. The molecule has 0 radical (unpaired) electrons. The zero-order valence-electron chi connectivity index (χ0n) is 12.6. The number of rotatable bonds is 9. The van der Waals surface area contributed by atoms with Gasteiger partial charge in [0.05, 0.1) is 31.4 Å². The predicted molar refractivity (Wildman–Crippen MR) is 85.6 cm³/mol. The van der Waals surface area contributed by atoms with Gasteiger partial charge in [-0.2, -0.15) is 0 Å². The van der Waals surface area contributed by atoms with Crippen LogP contribution in [0.15, 0.2) is 18.2 Å². The van der Waals surface area contributed by atoms with E-state index in [1.807, 2.05) is 18.2 Å². The van der Waals surface area contributed by atoms with Crippen molar-refractivity contribution in [3.05, 3.63) is 23.0 Å². The molecule has 0 amide bonds. The highest BCUT2D eigenvalue weighted by molar-refractivity contribution is 7.71. The zero-order valence-corrected chi connectivity index (χ0v) is 13.4. The van der Waals surface area contributed by atoms with Crippen LogP contribution in [0.5, 0.6) is 5.75 Å². The van der Waals surface area contributed by atoms with E-state index < -0.39 is 0 Å². The van der Waals surface area contributed by atoms with Crippen molar-refractivity contribution in [2.24, 2.45) is 0 Å². The first kappa shape index (κ1) is 16.0. The van der Waals surface area contributed by atoms with Crippen molar-refractivity contribution in [1.82, 2.24) is 9.55 Å². The van der Waals surface area contributed by atoms with Gasteiger partial charge in [0.15, 0.2) is 4.77 Å². The minimum absolute atomic E-state index is 0.648. The van der Waals surface area contributed by atoms with Gasteiger partial charge < -0.3 is 23.8 Å². The van der Waals surface area contributed by atoms with Gasteiger partial charge in [-0.15, -0.1) is 0 Å². The Bertz CT molecular complexity index is 621. The van der Waals surface area contributed by atoms with Gasteiger partial charge in [-0.3, -0.25) is 0 Å². The number of ether oxygens (including phenoxy) is 3. The summed E-state index contributed by atoms with van der Waals surface area (Å²) in [4.78, 5) is 3.22. The molecule has 0 fully saturated rings. The van der Waals surface area contributed by atoms with Gasteiger partial charge >= 0.3 is 0 Å². The molecule has 0 aliphatic heterocycles. The first-order valence-electron chi connectivity index (χ1n) is 7.09. The van der Waals surface area contributed by atoms with Gasteiger partial charge in [0, 0.05) is 26.3 Å². The van der Waals surface area contributed by atoms with Crippen LogP contribution >= 0.6 is 12.2 Å². The van der Waals surface area contributed by atoms with Crippen LogP contribution in [0.3, 0.4) is 0 Å². The summed E-state index contributed by atoms with van der Waals surface area (Å²) >= 11 is 5.39. The van der Waals surface area contributed by atoms with Crippen LogP contribution in [0, 0.1) is 4.77 Å². The average Bonchev–Trinajstić information content (AvgIpc) is 2.81. The number of methoxy groups -OCH3 is 2. The normalized spacial score (nSPS) is 11.1. The second-order valence-corrected chi connectivity index (χ2v) is 5.16. The molecular formula is C15H22N2O3S. The SMILES string of the molecule is COCCOCCCCn1c(=S)[nH]c2cc(OC)ccc21. The number of hydrogen-bond donors (Lipinski definition) is 1. The Morgan fingerprint density at radius 3 is 2.76 bits per heavy atom. The van der Waals surface area contributed by atoms with E-state index in [2.05, 4.69) is 9.55 Å². The fourth-order valence-electron chi connectivity index (χ4n) is 2.21. The van der Waals surface area contributed by atoms with E-state index in [1.54, 1.807) is 14.2 Å². The van der Waals surface area contributed by atoms with Crippen molar-refractivity contribution >= 4 is 23.3 Å². The second kappa shape index (κ2) is 8.17. The largest absolute Gasteiger partial charge is 0.497 e. The number of aryl methyl sites for hydroxylation is 1. The summed E-state index contributed by atoms with van der Waals surface area (Å²) in [5.74, 6) is 0.831. The maximum atomic E-state index is 5.46. The van der Waals surface area contributed by atoms with Crippen LogP contribution in [0.25, 0.3) is 11.0 Å². The lowest BCUT2D eigenvalue weighted by molar-refractivity contribution is 0.0684. The number of H-pyrrole nitrogens is 1. The number of hydrogen-bond acceptors (Lipinski definition) is 4. The third kappa shape index (κ3) is 4.30. The fourth-order valence-corrected chi connectivity index (χ4v) is 2.51. The van der Waals surface area contributed by atoms with Crippen molar-refractivity contribution in [3.63, 3.8) is 0 Å². The highest BCUT2D eigenvalue weighted by atomic mass is 32.1. The number of fused-ring (bicyclic) bond motifs is 1. The lowest BCUT2D eigenvalue weighted by atomic mass is 10.3. The van der Waals surface area contributed by atoms with E-state index in [0.717, 1.165) is 47.5 Å². The third-order valence-corrected chi connectivity index (χ3v) is 3.66. The summed E-state index contributed by atoms with van der Waals surface area (Å²) in [5.41, 5.74) is 2.12. The number of benzene rings is 1. The topological polar surface area (TPSA) is 48.4 Å². The second-order valence-electron chi connectivity index (χ2n) is 4.78. The van der Waals surface area contributed by atoms with Gasteiger partial charge in [0.1, 0.15) is 5.75 Å². The maximum absolute atomic E-state index is 5.46. The van der Waals surface area contributed by atoms with E-state index in [9.17, 15) is 0 Å². The molecule has 5 nitrogen and oxygen atoms in total. The van der Waals surface area contributed by atoms with E-state index in [4.69, 9.17) is 26.4 Å². The molecule has 1 aromatic heterocycles. The van der Waals surface area contributed by atoms with Crippen LogP contribution in [0.1, 0.15) is 12.8 Å². The Morgan fingerprint density at radius 1 is 1.14 bits per heavy atom. The van der Waals surface area contributed by atoms with Crippen LogP contribution < -0.4 is 4.74 Å². The molecule has 116 valence electrons. The van der Waals surface area contributed by atoms with Crippen LogP contribution in [0.2, 0.25) is 0 Å². The number of nitrogens with zero attached hydrogens (tertiary/aromatic N) is 1. The van der Waals surface area contributed by atoms with Gasteiger partial charge in [-0.05, 0) is 37.2 Å². The Hall–Kier alpha value is -1.37. The Balaban J connectivity index is 1.90. The predicted octanol–water partition coefficient (Wildman–Crippen LogP) is 3.15. The monoisotopic (exact) mass is 310 g/mol. The van der Waals surface area contributed by atoms with Crippen molar-refractivity contribution in [2.45, 2.75) is 19.4 Å². The van der Waals surface area contributed by atoms with E-state index in [-0.39, 0.29) is 0 Å². The molecule has 6 heteroatoms. The van der Waals surface area contributed by atoms with E-state index >= 15 is 0 Å². The fraction of sp³-hybridized carbons (Fsp3) is 0.533. The molecule has 0 spiro atoms. The zero-order chi connectivity index (χ0) is 15.1. The molecule has 0 saturated carbocycles. The van der Waals surface area contributed by atoms with Gasteiger partial charge in [0.25, 0.3) is 0 Å². The summed E-state index contributed by atoms with van der Waals surface area (Å²) in [6.07, 6.45) is 2.04. The molecular weight excluding hydrogens is 288 g/mol. The van der Waals surface area contributed by atoms with Gasteiger partial charge in [0.2, 0.25) is 0 Å². The highest BCUT2D eigenvalue weighted by Crippen LogP contribution is 2.20. The molecule has 0 bridgehead atoms. The van der Waals surface area contributed by atoms with Crippen LogP contribution in [-0.4, -0.2) is 43.6 Å². The van der Waals surface area contributed by atoms with Crippen molar-refractivity contribution in [2.75, 3.05) is 34.0 Å². The quantitative estimate of drug-likeness (QED) is 0.571. The third-order valence-electron chi connectivity index (χ3n) is 3.33. The molecule has 2 aromatic rings. The highest BCUT2D eigenvalue weighted by Gasteiger charge is 2.05. The van der Waals surface area contributed by atoms with Crippen molar-refractivity contribution in [1.29, 1.82) is 0 Å². The molecule has 1 N–H and O–H groups in total. The Kier molecular flexibility index (Phi) is 6.22. The summed E-state index contributed by atoms with van der Waals surface area (Å²) in [5, 5.41) is 0. The Labute approximate surface area is 129 Å². The molecule has 0 saturated heterocycles. The molecule has 0 aliphatic rings. The average molecular weight is 310 g/mol. The van der Waals surface area contributed by atoms with E-state index in [1.165, 1.54) is 0 Å². The van der Waals surface area contributed by atoms with Gasteiger partial charge in [-0.25, -0.2) is 0 Å². The number of imidazole rings is 1. The van der Waals surface area contributed by atoms with Crippen molar-refractivity contribution < 1.29 is 14.2 Å². The Morgan fingerprint density at radius 2 is 2.00 bits per heavy atom. The molecule has 21 heavy (non-hydrogen) atoms. The minimum Gasteiger partial charge on any atom is -0.497 e. The maximum Gasteiger partial charge on any atom is 0.178 e. The molecule has 1 aromatic carbocycles. The van der Waals surface area contributed by atoms with E-state index in [0.29, 0.717) is 13.2 Å². The van der Waals surface area contributed by atoms with Crippen LogP contribution in [0.4, 0.5) is 0 Å². The number of aromatic amines is 1. The molecule has 0 aliphatic carbocycles. The first-order chi connectivity index (χ1) is 10.3. The van der Waals surface area contributed by atoms with Gasteiger partial charge in [-0.1, -0.05) is 0 Å². The lowest BCUT2D eigenvalue weighted by Crippen LogP contribution is -2.04. The first-order valence-corrected chi connectivity index (χ1v) is 7.50. The lowest BCUT2D eigenvalue weighted by Gasteiger charge is -2.06. The number of nitrogens with one attached hydrogen (secondary N) is 1. The minimum atomic E-state index is 0.648. The van der Waals surface area contributed by atoms with Crippen LogP contribution in [-0.2, 0) is 16.0 Å². The molecule has 0 atom stereocenters. The summed E-state index contributed by atoms with van der Waals surface area (Å²) in [6.45, 7) is 2.95. The molecule has 1 heterocycles. The smallest absolute Gasteiger partial charge is 0.178 e.